The Morgan fingerprint density at radius 1 is 0.943 bits per heavy atom. The highest BCUT2D eigenvalue weighted by Gasteiger charge is 2.22. The maximum absolute atomic E-state index is 13.1. The Morgan fingerprint density at radius 2 is 1.66 bits per heavy atom. The smallest absolute Gasteiger partial charge is 0.282 e. The molecule has 4 heterocycles. The summed E-state index contributed by atoms with van der Waals surface area (Å²) in [6.45, 7) is 1.97. The molecule has 0 fully saturated rings. The van der Waals surface area contributed by atoms with Crippen molar-refractivity contribution in [2.75, 3.05) is 0 Å². The lowest BCUT2D eigenvalue weighted by Gasteiger charge is -2.10. The third-order valence-electron chi connectivity index (χ3n) is 5.72. The number of halogens is 3. The van der Waals surface area contributed by atoms with Crippen LogP contribution in [0.3, 0.4) is 0 Å². The Kier molecular flexibility index (Phi) is 6.67. The van der Waals surface area contributed by atoms with Gasteiger partial charge in [0.05, 0.1) is 28.5 Å². The summed E-state index contributed by atoms with van der Waals surface area (Å²) in [7, 11) is 0. The molecule has 6 rings (SSSR count). The first-order valence-electron chi connectivity index (χ1n) is 10.4. The first-order chi connectivity index (χ1) is 16.1. The second kappa shape index (κ2) is 9.54. The highest BCUT2D eigenvalue weighted by atomic mass is 35.5. The van der Waals surface area contributed by atoms with Crippen LogP contribution in [0.2, 0.25) is 5.02 Å². The minimum atomic E-state index is -0.183. The zero-order valence-corrected chi connectivity index (χ0v) is 20.7. The molecule has 0 amide bonds. The number of nitrogens with zero attached hydrogens (tertiary/aromatic N) is 4. The molecule has 0 unspecified atom stereocenters. The van der Waals surface area contributed by atoms with Crippen LogP contribution in [0.4, 0.5) is 0 Å². The van der Waals surface area contributed by atoms with E-state index in [1.165, 1.54) is 4.68 Å². The lowest BCUT2D eigenvalue weighted by molar-refractivity contribution is 0.858. The van der Waals surface area contributed by atoms with Crippen molar-refractivity contribution in [2.24, 2.45) is 0 Å². The van der Waals surface area contributed by atoms with Gasteiger partial charge in [0.1, 0.15) is 11.5 Å². The molecule has 2 aliphatic rings. The first kappa shape index (κ1) is 24.5. The van der Waals surface area contributed by atoms with E-state index in [1.54, 1.807) is 42.9 Å². The van der Waals surface area contributed by atoms with Crippen LogP contribution in [0.5, 0.6) is 0 Å². The molecule has 35 heavy (non-hydrogen) atoms. The van der Waals surface area contributed by atoms with E-state index in [0.29, 0.717) is 22.0 Å². The Labute approximate surface area is 217 Å². The molecule has 2 aromatic heterocycles. The lowest BCUT2D eigenvalue weighted by Crippen LogP contribution is -2.14. The minimum absolute atomic E-state index is 0. The SMILES string of the molecule is Cc1[nH]cc2c(=O)n(-c3ccc(Cl)cc3)nc-2c1-c1ccc(-c2nc3ccncc3[nH]2)cc1.Cl.Cl. The number of fused-ring (bicyclic) bond motifs is 2. The zero-order valence-electron chi connectivity index (χ0n) is 18.3. The predicted octanol–water partition coefficient (Wildman–Crippen LogP) is 6.08. The van der Waals surface area contributed by atoms with Crippen LogP contribution < -0.4 is 5.56 Å². The van der Waals surface area contributed by atoms with Gasteiger partial charge in [0, 0.05) is 34.2 Å². The van der Waals surface area contributed by atoms with Crippen LogP contribution in [-0.4, -0.2) is 29.7 Å². The fraction of sp³-hybridized carbons (Fsp3) is 0.0400. The molecule has 0 saturated heterocycles. The molecule has 4 aromatic rings. The van der Waals surface area contributed by atoms with Gasteiger partial charge < -0.3 is 9.97 Å². The van der Waals surface area contributed by atoms with Crippen molar-refractivity contribution < 1.29 is 0 Å². The van der Waals surface area contributed by atoms with Crippen molar-refractivity contribution in [2.45, 2.75) is 6.92 Å². The topological polar surface area (TPSA) is 92.2 Å². The van der Waals surface area contributed by atoms with Gasteiger partial charge in [0.2, 0.25) is 0 Å². The minimum Gasteiger partial charge on any atom is -0.364 e. The number of hydrogen-bond donors (Lipinski definition) is 2. The number of nitrogens with one attached hydrogen (secondary N) is 2. The van der Waals surface area contributed by atoms with Crippen LogP contribution in [0.25, 0.3) is 50.5 Å². The molecule has 0 spiro atoms. The molecule has 0 atom stereocenters. The van der Waals surface area contributed by atoms with E-state index < -0.39 is 0 Å². The van der Waals surface area contributed by atoms with Crippen LogP contribution >= 0.6 is 36.4 Å². The normalized spacial score (nSPS) is 10.8. The number of aromatic nitrogens is 6. The maximum Gasteiger partial charge on any atom is 0.282 e. The second-order valence-corrected chi connectivity index (χ2v) is 8.24. The number of H-pyrrole nitrogens is 2. The van der Waals surface area contributed by atoms with Crippen LogP contribution in [0.1, 0.15) is 5.69 Å². The van der Waals surface area contributed by atoms with E-state index in [2.05, 4.69) is 25.0 Å². The quantitative estimate of drug-likeness (QED) is 0.293. The van der Waals surface area contributed by atoms with Crippen molar-refractivity contribution in [3.63, 3.8) is 0 Å². The summed E-state index contributed by atoms with van der Waals surface area (Å²) < 4.78 is 1.41. The van der Waals surface area contributed by atoms with Crippen molar-refractivity contribution in [3.8, 4) is 39.5 Å². The largest absolute Gasteiger partial charge is 0.364 e. The zero-order chi connectivity index (χ0) is 22.5. The molecule has 176 valence electrons. The average molecular weight is 526 g/mol. The van der Waals surface area contributed by atoms with Crippen molar-refractivity contribution in [3.05, 3.63) is 94.3 Å². The molecule has 2 aromatic carbocycles. The van der Waals surface area contributed by atoms with E-state index in [-0.39, 0.29) is 30.4 Å². The molecule has 0 bridgehead atoms. The maximum atomic E-state index is 13.1. The molecule has 0 radical (unpaired) electrons. The molecule has 2 aliphatic heterocycles. The number of hydrogen-bond acceptors (Lipinski definition) is 4. The standard InChI is InChI=1S/C25H17ClN6O.2ClH/c1-14-22(15-2-4-16(5-3-15)24-29-20-10-11-27-13-21(20)30-24)23-19(12-28-14)25(33)32(31-23)18-8-6-17(26)7-9-18;;/h2-13,28H,1H3,(H,29,30);2*1H. The lowest BCUT2D eigenvalue weighted by atomic mass is 9.98. The summed E-state index contributed by atoms with van der Waals surface area (Å²) in [6, 6.07) is 17.0. The van der Waals surface area contributed by atoms with Crippen molar-refractivity contribution in [1.29, 1.82) is 0 Å². The Morgan fingerprint density at radius 3 is 2.37 bits per heavy atom. The van der Waals surface area contributed by atoms with Crippen LogP contribution in [-0.2, 0) is 0 Å². The molecule has 2 N–H and O–H groups in total. The average Bonchev–Trinajstić information content (AvgIpc) is 3.41. The third-order valence-corrected chi connectivity index (χ3v) is 5.98. The summed E-state index contributed by atoms with van der Waals surface area (Å²) in [5.41, 5.74) is 7.14. The second-order valence-electron chi connectivity index (χ2n) is 7.80. The van der Waals surface area contributed by atoms with Gasteiger partial charge in [-0.1, -0.05) is 35.9 Å². The highest BCUT2D eigenvalue weighted by molar-refractivity contribution is 6.30. The van der Waals surface area contributed by atoms with Crippen LogP contribution in [0.15, 0.2) is 78.0 Å². The number of pyridine rings is 2. The summed E-state index contributed by atoms with van der Waals surface area (Å²) in [4.78, 5) is 28.4. The Bertz CT molecular complexity index is 1620. The summed E-state index contributed by atoms with van der Waals surface area (Å²) >= 11 is 6.00. The number of aryl methyl sites for hydroxylation is 1. The highest BCUT2D eigenvalue weighted by Crippen LogP contribution is 2.34. The van der Waals surface area contributed by atoms with Crippen molar-refractivity contribution >= 4 is 47.4 Å². The van der Waals surface area contributed by atoms with Gasteiger partial charge in [-0.15, -0.1) is 24.8 Å². The molecule has 10 heteroatoms. The van der Waals surface area contributed by atoms with E-state index in [1.807, 2.05) is 37.3 Å². The van der Waals surface area contributed by atoms with Gasteiger partial charge in [-0.05, 0) is 42.8 Å². The number of rotatable bonds is 3. The fourth-order valence-corrected chi connectivity index (χ4v) is 4.18. The van der Waals surface area contributed by atoms with E-state index in [4.69, 9.17) is 11.6 Å². The van der Waals surface area contributed by atoms with E-state index in [0.717, 1.165) is 39.2 Å². The first-order valence-corrected chi connectivity index (χ1v) is 10.7. The molecule has 0 aliphatic carbocycles. The van der Waals surface area contributed by atoms with Gasteiger partial charge in [-0.2, -0.15) is 9.78 Å². The number of imidazole rings is 1. The predicted molar refractivity (Wildman–Crippen MR) is 143 cm³/mol. The fourth-order valence-electron chi connectivity index (χ4n) is 4.06. The van der Waals surface area contributed by atoms with Crippen molar-refractivity contribution in [1.82, 2.24) is 29.7 Å². The monoisotopic (exact) mass is 524 g/mol. The van der Waals surface area contributed by atoms with Gasteiger partial charge in [-0.3, -0.25) is 9.78 Å². The molecular weight excluding hydrogens is 507 g/mol. The number of benzene rings is 2. The van der Waals surface area contributed by atoms with Gasteiger partial charge in [0.15, 0.2) is 0 Å². The summed E-state index contributed by atoms with van der Waals surface area (Å²) in [5.74, 6) is 0.778. The van der Waals surface area contributed by atoms with Gasteiger partial charge in [-0.25, -0.2) is 4.98 Å². The number of aromatic amines is 2. The molecule has 0 saturated carbocycles. The Balaban J connectivity index is 0.00000144. The molecular formula is C25H19Cl3N6O. The van der Waals surface area contributed by atoms with Gasteiger partial charge in [0.25, 0.3) is 5.56 Å². The Hall–Kier alpha value is -3.65. The van der Waals surface area contributed by atoms with Crippen LogP contribution in [0, 0.1) is 6.92 Å². The van der Waals surface area contributed by atoms with Gasteiger partial charge >= 0.3 is 0 Å². The summed E-state index contributed by atoms with van der Waals surface area (Å²) in [6.07, 6.45) is 5.20. The van der Waals surface area contributed by atoms with E-state index >= 15 is 0 Å². The summed E-state index contributed by atoms with van der Waals surface area (Å²) in [5, 5.41) is 5.28. The molecule has 7 nitrogen and oxygen atoms in total. The van der Waals surface area contributed by atoms with E-state index in [9.17, 15) is 4.79 Å². The third kappa shape index (κ3) is 4.18.